The van der Waals surface area contributed by atoms with Gasteiger partial charge in [0.2, 0.25) is 0 Å². The number of benzene rings is 1. The normalized spacial score (nSPS) is 10.2. The average molecular weight is 227 g/mol. The first-order chi connectivity index (χ1) is 7.81. The first kappa shape index (κ1) is 12.8. The molecule has 0 fully saturated rings. The van der Waals surface area contributed by atoms with Crippen molar-refractivity contribution in [1.82, 2.24) is 0 Å². The minimum Gasteiger partial charge on any atom is -0.493 e. The molecule has 0 radical (unpaired) electrons. The van der Waals surface area contributed by atoms with Crippen molar-refractivity contribution in [2.24, 2.45) is 5.73 Å². The zero-order chi connectivity index (χ0) is 11.8. The summed E-state index contributed by atoms with van der Waals surface area (Å²) in [5.74, 6) is 1.33. The van der Waals surface area contributed by atoms with E-state index >= 15 is 0 Å². The maximum absolute atomic E-state index is 12.0. The second kappa shape index (κ2) is 7.06. The molecule has 0 aliphatic rings. The van der Waals surface area contributed by atoms with Gasteiger partial charge in [0, 0.05) is 18.2 Å². The Hall–Kier alpha value is -1.29. The van der Waals surface area contributed by atoms with Gasteiger partial charge in [-0.2, -0.15) is 0 Å². The topological polar surface area (TPSA) is 44.5 Å². The first-order valence-electron chi connectivity index (χ1n) is 5.46. The summed E-state index contributed by atoms with van der Waals surface area (Å²) in [6.07, 6.45) is 0.944. The third kappa shape index (κ3) is 3.70. The molecule has 0 aliphatic heterocycles. The van der Waals surface area contributed by atoms with Gasteiger partial charge < -0.3 is 15.2 Å². The van der Waals surface area contributed by atoms with Gasteiger partial charge in [0.15, 0.2) is 0 Å². The minimum atomic E-state index is -0.510. The molecule has 4 heteroatoms. The molecule has 90 valence electrons. The van der Waals surface area contributed by atoms with Gasteiger partial charge in [0.1, 0.15) is 24.8 Å². The Morgan fingerprint density at radius 3 is 2.69 bits per heavy atom. The van der Waals surface area contributed by atoms with Crippen molar-refractivity contribution < 1.29 is 13.9 Å². The van der Waals surface area contributed by atoms with E-state index in [1.165, 1.54) is 0 Å². The number of ether oxygens (including phenoxy) is 2. The molecular formula is C12H18FNO2. The monoisotopic (exact) mass is 227 g/mol. The van der Waals surface area contributed by atoms with Crippen LogP contribution in [0.15, 0.2) is 18.2 Å². The van der Waals surface area contributed by atoms with E-state index in [1.807, 2.05) is 19.1 Å². The van der Waals surface area contributed by atoms with Crippen molar-refractivity contribution in [1.29, 1.82) is 0 Å². The van der Waals surface area contributed by atoms with Gasteiger partial charge in [0.05, 0.1) is 6.61 Å². The van der Waals surface area contributed by atoms with Crippen molar-refractivity contribution in [3.63, 3.8) is 0 Å². The van der Waals surface area contributed by atoms with Crippen LogP contribution >= 0.6 is 0 Å². The maximum atomic E-state index is 12.0. The Morgan fingerprint density at radius 2 is 2.06 bits per heavy atom. The zero-order valence-corrected chi connectivity index (χ0v) is 9.54. The standard InChI is InChI=1S/C12H18FNO2/c1-2-6-15-11-4-3-10(9-14)12(8-11)16-7-5-13/h3-4,8H,2,5-7,9,14H2,1H3. The van der Waals surface area contributed by atoms with Gasteiger partial charge in [0.25, 0.3) is 0 Å². The summed E-state index contributed by atoms with van der Waals surface area (Å²) in [6.45, 7) is 2.60. The number of halogens is 1. The molecule has 0 unspecified atom stereocenters. The van der Waals surface area contributed by atoms with Crippen LogP contribution in [0, 0.1) is 0 Å². The van der Waals surface area contributed by atoms with Gasteiger partial charge in [-0.3, -0.25) is 0 Å². The highest BCUT2D eigenvalue weighted by atomic mass is 19.1. The molecule has 0 heterocycles. The van der Waals surface area contributed by atoms with Gasteiger partial charge in [-0.05, 0) is 12.5 Å². The van der Waals surface area contributed by atoms with Crippen LogP contribution in [0.2, 0.25) is 0 Å². The highest BCUT2D eigenvalue weighted by molar-refractivity contribution is 5.40. The summed E-state index contributed by atoms with van der Waals surface area (Å²) in [5, 5.41) is 0. The van der Waals surface area contributed by atoms with Crippen LogP contribution in [0.5, 0.6) is 11.5 Å². The van der Waals surface area contributed by atoms with Gasteiger partial charge in [-0.1, -0.05) is 13.0 Å². The van der Waals surface area contributed by atoms with Crippen LogP contribution in [0.3, 0.4) is 0 Å². The van der Waals surface area contributed by atoms with E-state index < -0.39 is 6.67 Å². The average Bonchev–Trinajstić information content (AvgIpc) is 2.33. The largest absolute Gasteiger partial charge is 0.493 e. The lowest BCUT2D eigenvalue weighted by Crippen LogP contribution is -2.05. The van der Waals surface area contributed by atoms with Crippen molar-refractivity contribution in [2.45, 2.75) is 19.9 Å². The summed E-state index contributed by atoms with van der Waals surface area (Å²) in [7, 11) is 0. The fraction of sp³-hybridized carbons (Fsp3) is 0.500. The van der Waals surface area contributed by atoms with E-state index in [1.54, 1.807) is 6.07 Å². The number of hydrogen-bond donors (Lipinski definition) is 1. The highest BCUT2D eigenvalue weighted by Gasteiger charge is 2.04. The second-order valence-electron chi connectivity index (χ2n) is 3.36. The first-order valence-corrected chi connectivity index (χ1v) is 5.46. The van der Waals surface area contributed by atoms with E-state index in [0.717, 1.165) is 17.7 Å². The zero-order valence-electron chi connectivity index (χ0n) is 9.54. The lowest BCUT2D eigenvalue weighted by Gasteiger charge is -2.11. The van der Waals surface area contributed by atoms with Crippen LogP contribution in [0.1, 0.15) is 18.9 Å². The Labute approximate surface area is 95.4 Å². The fourth-order valence-electron chi connectivity index (χ4n) is 1.30. The fourth-order valence-corrected chi connectivity index (χ4v) is 1.30. The Morgan fingerprint density at radius 1 is 1.25 bits per heavy atom. The summed E-state index contributed by atoms with van der Waals surface area (Å²) in [4.78, 5) is 0. The van der Waals surface area contributed by atoms with Crippen LogP contribution in [-0.4, -0.2) is 19.9 Å². The molecule has 2 N–H and O–H groups in total. The van der Waals surface area contributed by atoms with Gasteiger partial charge in [-0.25, -0.2) is 4.39 Å². The Kier molecular flexibility index (Phi) is 5.64. The van der Waals surface area contributed by atoms with Crippen molar-refractivity contribution >= 4 is 0 Å². The predicted octanol–water partition coefficient (Wildman–Crippen LogP) is 2.28. The lowest BCUT2D eigenvalue weighted by atomic mass is 10.2. The number of rotatable bonds is 7. The Bertz CT molecular complexity index is 318. The van der Waals surface area contributed by atoms with E-state index in [2.05, 4.69) is 0 Å². The molecule has 0 spiro atoms. The number of alkyl halides is 1. The molecule has 1 aromatic rings. The predicted molar refractivity (Wildman–Crippen MR) is 61.6 cm³/mol. The third-order valence-corrected chi connectivity index (χ3v) is 2.07. The number of hydrogen-bond acceptors (Lipinski definition) is 3. The third-order valence-electron chi connectivity index (χ3n) is 2.07. The van der Waals surface area contributed by atoms with Crippen molar-refractivity contribution in [3.05, 3.63) is 23.8 Å². The van der Waals surface area contributed by atoms with Crippen molar-refractivity contribution in [3.8, 4) is 11.5 Å². The van der Waals surface area contributed by atoms with Crippen LogP contribution in [-0.2, 0) is 6.54 Å². The van der Waals surface area contributed by atoms with Crippen LogP contribution < -0.4 is 15.2 Å². The highest BCUT2D eigenvalue weighted by Crippen LogP contribution is 2.24. The Balaban J connectivity index is 2.74. The van der Waals surface area contributed by atoms with E-state index in [4.69, 9.17) is 15.2 Å². The summed E-state index contributed by atoms with van der Waals surface area (Å²) in [6, 6.07) is 5.45. The van der Waals surface area contributed by atoms with Crippen LogP contribution in [0.4, 0.5) is 4.39 Å². The smallest absolute Gasteiger partial charge is 0.127 e. The van der Waals surface area contributed by atoms with E-state index in [0.29, 0.717) is 18.9 Å². The molecular weight excluding hydrogens is 209 g/mol. The molecule has 0 saturated carbocycles. The molecule has 3 nitrogen and oxygen atoms in total. The molecule has 0 amide bonds. The van der Waals surface area contributed by atoms with E-state index in [-0.39, 0.29) is 6.61 Å². The van der Waals surface area contributed by atoms with Gasteiger partial charge >= 0.3 is 0 Å². The minimum absolute atomic E-state index is 0.0459. The molecule has 0 bridgehead atoms. The molecule has 1 aromatic carbocycles. The lowest BCUT2D eigenvalue weighted by molar-refractivity contribution is 0.267. The van der Waals surface area contributed by atoms with E-state index in [9.17, 15) is 4.39 Å². The second-order valence-corrected chi connectivity index (χ2v) is 3.36. The summed E-state index contributed by atoms with van der Waals surface area (Å²) in [5.41, 5.74) is 6.42. The van der Waals surface area contributed by atoms with Gasteiger partial charge in [-0.15, -0.1) is 0 Å². The van der Waals surface area contributed by atoms with Crippen LogP contribution in [0.25, 0.3) is 0 Å². The van der Waals surface area contributed by atoms with Crippen molar-refractivity contribution in [2.75, 3.05) is 19.9 Å². The molecule has 0 saturated heterocycles. The SMILES string of the molecule is CCCOc1ccc(CN)c(OCCF)c1. The number of nitrogens with two attached hydrogens (primary N) is 1. The molecule has 16 heavy (non-hydrogen) atoms. The molecule has 0 aliphatic carbocycles. The summed E-state index contributed by atoms with van der Waals surface area (Å²) < 4.78 is 22.8. The summed E-state index contributed by atoms with van der Waals surface area (Å²) >= 11 is 0. The molecule has 0 aromatic heterocycles. The molecule has 0 atom stereocenters. The quantitative estimate of drug-likeness (QED) is 0.777. The molecule has 1 rings (SSSR count). The maximum Gasteiger partial charge on any atom is 0.127 e.